The summed E-state index contributed by atoms with van der Waals surface area (Å²) in [6.45, 7) is 3.16. The maximum Gasteiger partial charge on any atom is 0.140 e. The fourth-order valence-corrected chi connectivity index (χ4v) is 0.702. The highest BCUT2D eigenvalue weighted by Gasteiger charge is 1.95. The number of aliphatic hydroxyl groups excluding tert-OH is 1. The molecule has 0 radical (unpaired) electrons. The fourth-order valence-electron chi connectivity index (χ4n) is 0.702. The van der Waals surface area contributed by atoms with Gasteiger partial charge in [0.1, 0.15) is 5.84 Å². The molecule has 0 aromatic rings. The number of hydrogen-bond acceptors (Lipinski definition) is 4. The first kappa shape index (κ1) is 11.2. The largest absolute Gasteiger partial charge is 0.409 e. The van der Waals surface area contributed by atoms with E-state index < -0.39 is 0 Å². The van der Waals surface area contributed by atoms with Crippen molar-refractivity contribution >= 4 is 5.84 Å². The van der Waals surface area contributed by atoms with Gasteiger partial charge in [0.05, 0.1) is 6.10 Å². The third kappa shape index (κ3) is 7.30. The third-order valence-electron chi connectivity index (χ3n) is 1.43. The molecule has 5 N–H and O–H groups in total. The second-order valence-electron chi connectivity index (χ2n) is 2.73. The third-order valence-corrected chi connectivity index (χ3v) is 1.43. The maximum absolute atomic E-state index is 8.88. The summed E-state index contributed by atoms with van der Waals surface area (Å²) >= 11 is 0. The van der Waals surface area contributed by atoms with Crippen LogP contribution in [0.1, 0.15) is 19.8 Å². The standard InChI is InChI=1S/C7H17N3O2/c1-6(11)2-4-9-5-3-7(8)10-12/h6,9,11-12H,2-5H2,1H3,(H2,8,10). The minimum Gasteiger partial charge on any atom is -0.409 e. The number of nitrogens with zero attached hydrogens (tertiary/aromatic N) is 1. The van der Waals surface area contributed by atoms with Crippen LogP contribution in [0.15, 0.2) is 5.16 Å². The molecule has 5 heteroatoms. The SMILES string of the molecule is CC(O)CCNCCC(N)=NO. The van der Waals surface area contributed by atoms with Gasteiger partial charge in [0.2, 0.25) is 0 Å². The van der Waals surface area contributed by atoms with Crippen molar-refractivity contribution < 1.29 is 10.3 Å². The molecule has 0 saturated carbocycles. The molecular weight excluding hydrogens is 158 g/mol. The number of aliphatic hydroxyl groups is 1. The van der Waals surface area contributed by atoms with Crippen molar-refractivity contribution in [2.24, 2.45) is 10.9 Å². The maximum atomic E-state index is 8.88. The molecule has 0 rings (SSSR count). The lowest BCUT2D eigenvalue weighted by atomic mass is 10.3. The molecule has 5 nitrogen and oxygen atoms in total. The Kier molecular flexibility index (Phi) is 6.41. The molecule has 0 aliphatic heterocycles. The van der Waals surface area contributed by atoms with Crippen LogP contribution in [0.25, 0.3) is 0 Å². The van der Waals surface area contributed by atoms with Crippen LogP contribution >= 0.6 is 0 Å². The summed E-state index contributed by atoms with van der Waals surface area (Å²) in [7, 11) is 0. The molecule has 0 bridgehead atoms. The zero-order valence-electron chi connectivity index (χ0n) is 7.32. The Bertz CT molecular complexity index is 137. The Morgan fingerprint density at radius 1 is 1.58 bits per heavy atom. The lowest BCUT2D eigenvalue weighted by molar-refractivity contribution is 0.184. The lowest BCUT2D eigenvalue weighted by Crippen LogP contribution is -2.24. The molecule has 72 valence electrons. The predicted molar refractivity (Wildman–Crippen MR) is 47.2 cm³/mol. The molecule has 0 aromatic carbocycles. The monoisotopic (exact) mass is 175 g/mol. The summed E-state index contributed by atoms with van der Waals surface area (Å²) in [4.78, 5) is 0. The van der Waals surface area contributed by atoms with Crippen molar-refractivity contribution in [2.45, 2.75) is 25.9 Å². The van der Waals surface area contributed by atoms with Crippen LogP contribution in [0.2, 0.25) is 0 Å². The number of nitrogens with one attached hydrogen (secondary N) is 1. The molecule has 12 heavy (non-hydrogen) atoms. The van der Waals surface area contributed by atoms with E-state index in [2.05, 4.69) is 10.5 Å². The molecule has 0 aliphatic rings. The zero-order valence-corrected chi connectivity index (χ0v) is 7.32. The number of rotatable bonds is 6. The molecular formula is C7H17N3O2. The number of hydrogen-bond donors (Lipinski definition) is 4. The minimum atomic E-state index is -0.277. The Labute approximate surface area is 72.3 Å². The quantitative estimate of drug-likeness (QED) is 0.144. The average Bonchev–Trinajstić information content (AvgIpc) is 2.03. The second kappa shape index (κ2) is 6.87. The van der Waals surface area contributed by atoms with Gasteiger partial charge in [-0.3, -0.25) is 0 Å². The fraction of sp³-hybridized carbons (Fsp3) is 0.857. The lowest BCUT2D eigenvalue weighted by Gasteiger charge is -2.05. The highest BCUT2D eigenvalue weighted by molar-refractivity contribution is 5.79. The van der Waals surface area contributed by atoms with E-state index in [0.717, 1.165) is 13.0 Å². The minimum absolute atomic E-state index is 0.222. The highest BCUT2D eigenvalue weighted by Crippen LogP contribution is 1.85. The van der Waals surface area contributed by atoms with Gasteiger partial charge < -0.3 is 21.4 Å². The van der Waals surface area contributed by atoms with Gasteiger partial charge in [0, 0.05) is 13.0 Å². The second-order valence-corrected chi connectivity index (χ2v) is 2.73. The van der Waals surface area contributed by atoms with Gasteiger partial charge in [0.15, 0.2) is 0 Å². The van der Waals surface area contributed by atoms with Crippen molar-refractivity contribution in [3.8, 4) is 0 Å². The van der Waals surface area contributed by atoms with Gasteiger partial charge in [0.25, 0.3) is 0 Å². The van der Waals surface area contributed by atoms with Crippen molar-refractivity contribution in [2.75, 3.05) is 13.1 Å². The normalized spacial score (nSPS) is 14.7. The van der Waals surface area contributed by atoms with Crippen LogP contribution in [-0.4, -0.2) is 35.3 Å². The number of amidine groups is 1. The van der Waals surface area contributed by atoms with E-state index in [9.17, 15) is 0 Å². The van der Waals surface area contributed by atoms with Crippen LogP contribution in [0.5, 0.6) is 0 Å². The first-order chi connectivity index (χ1) is 5.66. The summed E-state index contributed by atoms with van der Waals surface area (Å²) < 4.78 is 0. The first-order valence-electron chi connectivity index (χ1n) is 4.02. The van der Waals surface area contributed by atoms with Gasteiger partial charge in [-0.25, -0.2) is 0 Å². The average molecular weight is 175 g/mol. The van der Waals surface area contributed by atoms with Crippen LogP contribution in [-0.2, 0) is 0 Å². The van der Waals surface area contributed by atoms with Crippen LogP contribution in [0.3, 0.4) is 0 Å². The van der Waals surface area contributed by atoms with Gasteiger partial charge in [-0.2, -0.15) is 0 Å². The van der Waals surface area contributed by atoms with E-state index in [1.165, 1.54) is 0 Å². The van der Waals surface area contributed by atoms with E-state index in [1.807, 2.05) is 0 Å². The Morgan fingerprint density at radius 3 is 2.75 bits per heavy atom. The Morgan fingerprint density at radius 2 is 2.25 bits per heavy atom. The van der Waals surface area contributed by atoms with E-state index in [4.69, 9.17) is 16.0 Å². The molecule has 0 aromatic heterocycles. The van der Waals surface area contributed by atoms with E-state index in [0.29, 0.717) is 13.0 Å². The van der Waals surface area contributed by atoms with Gasteiger partial charge in [-0.15, -0.1) is 0 Å². The summed E-state index contributed by atoms with van der Waals surface area (Å²) in [6.07, 6.45) is 0.966. The summed E-state index contributed by atoms with van der Waals surface area (Å²) in [5, 5.41) is 22.9. The summed E-state index contributed by atoms with van der Waals surface area (Å²) in [6, 6.07) is 0. The topological polar surface area (TPSA) is 90.9 Å². The molecule has 0 fully saturated rings. The van der Waals surface area contributed by atoms with Gasteiger partial charge >= 0.3 is 0 Å². The van der Waals surface area contributed by atoms with E-state index in [1.54, 1.807) is 6.92 Å². The van der Waals surface area contributed by atoms with Crippen molar-refractivity contribution in [3.63, 3.8) is 0 Å². The Balaban J connectivity index is 3.11. The molecule has 0 aliphatic carbocycles. The van der Waals surface area contributed by atoms with Gasteiger partial charge in [-0.1, -0.05) is 5.16 Å². The van der Waals surface area contributed by atoms with Crippen molar-refractivity contribution in [1.29, 1.82) is 0 Å². The number of nitrogens with two attached hydrogens (primary N) is 1. The zero-order chi connectivity index (χ0) is 9.40. The number of oxime groups is 1. The van der Waals surface area contributed by atoms with Crippen LogP contribution in [0, 0.1) is 0 Å². The van der Waals surface area contributed by atoms with E-state index >= 15 is 0 Å². The molecule has 0 spiro atoms. The highest BCUT2D eigenvalue weighted by atomic mass is 16.4. The first-order valence-corrected chi connectivity index (χ1v) is 4.02. The molecule has 0 heterocycles. The molecule has 1 atom stereocenters. The van der Waals surface area contributed by atoms with Crippen molar-refractivity contribution in [3.05, 3.63) is 0 Å². The molecule has 0 saturated heterocycles. The van der Waals surface area contributed by atoms with Crippen molar-refractivity contribution in [1.82, 2.24) is 5.32 Å². The van der Waals surface area contributed by atoms with Gasteiger partial charge in [-0.05, 0) is 19.9 Å². The van der Waals surface area contributed by atoms with Crippen LogP contribution in [0.4, 0.5) is 0 Å². The van der Waals surface area contributed by atoms with Crippen LogP contribution < -0.4 is 11.1 Å². The van der Waals surface area contributed by atoms with E-state index in [-0.39, 0.29) is 11.9 Å². The molecule has 1 unspecified atom stereocenters. The Hall–Kier alpha value is -0.810. The smallest absolute Gasteiger partial charge is 0.140 e. The predicted octanol–water partition coefficient (Wildman–Crippen LogP) is -0.517. The molecule has 0 amide bonds. The summed E-state index contributed by atoms with van der Waals surface area (Å²) in [5.41, 5.74) is 5.23. The summed E-state index contributed by atoms with van der Waals surface area (Å²) in [5.74, 6) is 0.222.